The lowest BCUT2D eigenvalue weighted by Crippen LogP contribution is -2.41. The van der Waals surface area contributed by atoms with Gasteiger partial charge in [0.05, 0.1) is 5.41 Å². The van der Waals surface area contributed by atoms with Gasteiger partial charge in [0.25, 0.3) is 3.79 Å². The molecule has 1 N–H and O–H groups in total. The van der Waals surface area contributed by atoms with Crippen LogP contribution in [0.4, 0.5) is 0 Å². The van der Waals surface area contributed by atoms with E-state index in [1.807, 2.05) is 20.8 Å². The van der Waals surface area contributed by atoms with Gasteiger partial charge in [-0.1, -0.05) is 55.6 Å². The molecule has 2 saturated carbocycles. The number of aliphatic carboxylic acids is 1. The standard InChI is InChI=1S/C13H17Cl3O4/c1-10(2)11(3)4-5-12(10,8(17)18)6-7(11)20-9(19)13(14,15)16/h7H,4-6H2,1-3H3,(H,17,18)/t7-,11+,12+/m0/s1. The van der Waals surface area contributed by atoms with E-state index in [0.29, 0.717) is 12.8 Å². The number of esters is 1. The fraction of sp³-hybridized carbons (Fsp3) is 0.846. The number of carboxylic acids is 1. The van der Waals surface area contributed by atoms with Gasteiger partial charge in [-0.25, -0.2) is 4.79 Å². The number of hydrogen-bond acceptors (Lipinski definition) is 3. The van der Waals surface area contributed by atoms with E-state index in [9.17, 15) is 14.7 Å². The van der Waals surface area contributed by atoms with Gasteiger partial charge in [0.2, 0.25) is 0 Å². The van der Waals surface area contributed by atoms with Crippen molar-refractivity contribution in [2.24, 2.45) is 16.2 Å². The molecular formula is C13H17Cl3O4. The number of carboxylic acid groups (broad SMARTS) is 1. The molecule has 2 aliphatic rings. The van der Waals surface area contributed by atoms with Crippen molar-refractivity contribution in [1.82, 2.24) is 0 Å². The molecule has 3 atom stereocenters. The third kappa shape index (κ3) is 1.87. The van der Waals surface area contributed by atoms with Crippen LogP contribution in [0, 0.1) is 16.2 Å². The predicted octanol–water partition coefficient (Wildman–Crippen LogP) is 3.57. The minimum absolute atomic E-state index is 0.262. The second-order valence-corrected chi connectivity index (χ2v) is 8.81. The van der Waals surface area contributed by atoms with Crippen molar-refractivity contribution in [1.29, 1.82) is 0 Å². The first-order valence-electron chi connectivity index (χ1n) is 6.40. The topological polar surface area (TPSA) is 63.6 Å². The lowest BCUT2D eigenvalue weighted by molar-refractivity contribution is -0.158. The Kier molecular flexibility index (Phi) is 3.56. The Bertz CT molecular complexity index is 471. The van der Waals surface area contributed by atoms with Crippen LogP contribution in [0.2, 0.25) is 0 Å². The van der Waals surface area contributed by atoms with Gasteiger partial charge in [0, 0.05) is 11.8 Å². The van der Waals surface area contributed by atoms with Crippen LogP contribution in [0.5, 0.6) is 0 Å². The van der Waals surface area contributed by atoms with Crippen LogP contribution in [0.25, 0.3) is 0 Å². The molecule has 2 bridgehead atoms. The molecule has 0 aromatic carbocycles. The summed E-state index contributed by atoms with van der Waals surface area (Å²) >= 11 is 16.6. The van der Waals surface area contributed by atoms with Gasteiger partial charge in [-0.05, 0) is 18.3 Å². The Morgan fingerprint density at radius 1 is 1.20 bits per heavy atom. The van der Waals surface area contributed by atoms with Crippen LogP contribution in [-0.4, -0.2) is 26.9 Å². The van der Waals surface area contributed by atoms with Crippen molar-refractivity contribution in [2.45, 2.75) is 49.9 Å². The van der Waals surface area contributed by atoms with Gasteiger partial charge in [-0.2, -0.15) is 0 Å². The summed E-state index contributed by atoms with van der Waals surface area (Å²) in [4.78, 5) is 23.5. The smallest absolute Gasteiger partial charge is 0.358 e. The van der Waals surface area contributed by atoms with Crippen molar-refractivity contribution in [2.75, 3.05) is 0 Å². The number of alkyl halides is 3. The SMILES string of the molecule is CC1(C)[C@]2(C(=O)O)CC[C@]1(C)[C@@H](OC(=O)C(Cl)(Cl)Cl)C2. The Morgan fingerprint density at radius 2 is 1.75 bits per heavy atom. The van der Waals surface area contributed by atoms with E-state index in [0.717, 1.165) is 0 Å². The highest BCUT2D eigenvalue weighted by molar-refractivity contribution is 6.75. The molecule has 0 spiro atoms. The number of carbonyl (C=O) groups is 2. The maximum Gasteiger partial charge on any atom is 0.358 e. The van der Waals surface area contributed by atoms with E-state index in [1.54, 1.807) is 0 Å². The maximum atomic E-state index is 11.8. The summed E-state index contributed by atoms with van der Waals surface area (Å²) in [7, 11) is 0. The van der Waals surface area contributed by atoms with E-state index in [2.05, 4.69) is 0 Å². The lowest BCUT2D eigenvalue weighted by atomic mass is 9.65. The highest BCUT2D eigenvalue weighted by atomic mass is 35.6. The first-order chi connectivity index (χ1) is 8.88. The van der Waals surface area contributed by atoms with Gasteiger partial charge in [-0.3, -0.25) is 4.79 Å². The average Bonchev–Trinajstić information content (AvgIpc) is 2.58. The molecular weight excluding hydrogens is 326 g/mol. The van der Waals surface area contributed by atoms with Crippen molar-refractivity contribution >= 4 is 46.7 Å². The summed E-state index contributed by atoms with van der Waals surface area (Å²) < 4.78 is 3.19. The third-order valence-electron chi connectivity index (χ3n) is 5.83. The fourth-order valence-corrected chi connectivity index (χ4v) is 4.07. The van der Waals surface area contributed by atoms with E-state index < -0.39 is 38.1 Å². The molecule has 114 valence electrons. The average molecular weight is 344 g/mol. The summed E-state index contributed by atoms with van der Waals surface area (Å²) in [6, 6.07) is 0. The van der Waals surface area contributed by atoms with E-state index >= 15 is 0 Å². The highest BCUT2D eigenvalue weighted by Crippen LogP contribution is 2.72. The zero-order chi connectivity index (χ0) is 15.6. The lowest BCUT2D eigenvalue weighted by Gasteiger charge is -2.39. The summed E-state index contributed by atoms with van der Waals surface area (Å²) in [5.41, 5.74) is -1.82. The highest BCUT2D eigenvalue weighted by Gasteiger charge is 2.74. The summed E-state index contributed by atoms with van der Waals surface area (Å²) in [5.74, 6) is -1.80. The quantitative estimate of drug-likeness (QED) is 0.615. The Labute approximate surface area is 132 Å². The fourth-order valence-electron chi connectivity index (χ4n) is 3.94. The first-order valence-corrected chi connectivity index (χ1v) is 7.53. The molecule has 0 amide bonds. The van der Waals surface area contributed by atoms with Crippen molar-refractivity contribution in [3.8, 4) is 0 Å². The van der Waals surface area contributed by atoms with Crippen LogP contribution in [0.1, 0.15) is 40.0 Å². The van der Waals surface area contributed by atoms with Crippen LogP contribution < -0.4 is 0 Å². The van der Waals surface area contributed by atoms with Crippen LogP contribution >= 0.6 is 34.8 Å². The molecule has 2 fully saturated rings. The summed E-state index contributed by atoms with van der Waals surface area (Å²) in [6.07, 6.45) is 0.960. The van der Waals surface area contributed by atoms with Crippen LogP contribution in [-0.2, 0) is 14.3 Å². The van der Waals surface area contributed by atoms with Crippen molar-refractivity contribution in [3.05, 3.63) is 0 Å². The molecule has 0 unspecified atom stereocenters. The van der Waals surface area contributed by atoms with Crippen molar-refractivity contribution in [3.63, 3.8) is 0 Å². The Hall–Kier alpha value is -0.190. The Balaban J connectivity index is 2.33. The number of hydrogen-bond donors (Lipinski definition) is 1. The molecule has 2 rings (SSSR count). The minimum Gasteiger partial charge on any atom is -0.481 e. The van der Waals surface area contributed by atoms with E-state index in [1.165, 1.54) is 0 Å². The molecule has 20 heavy (non-hydrogen) atoms. The number of halogens is 3. The van der Waals surface area contributed by atoms with Gasteiger partial charge < -0.3 is 9.84 Å². The predicted molar refractivity (Wildman–Crippen MR) is 76.0 cm³/mol. The number of ether oxygens (including phenoxy) is 1. The molecule has 2 aliphatic carbocycles. The third-order valence-corrected chi connectivity index (χ3v) is 6.29. The van der Waals surface area contributed by atoms with E-state index in [-0.39, 0.29) is 6.42 Å². The number of carbonyl (C=O) groups excluding carboxylic acids is 1. The maximum absolute atomic E-state index is 11.8. The van der Waals surface area contributed by atoms with Gasteiger partial charge in [0.1, 0.15) is 6.10 Å². The monoisotopic (exact) mass is 342 g/mol. The van der Waals surface area contributed by atoms with Crippen molar-refractivity contribution < 1.29 is 19.4 Å². The zero-order valence-corrected chi connectivity index (χ0v) is 13.8. The van der Waals surface area contributed by atoms with Gasteiger partial charge in [-0.15, -0.1) is 0 Å². The second-order valence-electron chi connectivity index (χ2n) is 6.53. The zero-order valence-electron chi connectivity index (χ0n) is 11.5. The van der Waals surface area contributed by atoms with E-state index in [4.69, 9.17) is 39.5 Å². The molecule has 7 heteroatoms. The first kappa shape index (κ1) is 16.2. The van der Waals surface area contributed by atoms with Gasteiger partial charge in [0.15, 0.2) is 0 Å². The van der Waals surface area contributed by atoms with Gasteiger partial charge >= 0.3 is 11.9 Å². The second kappa shape index (κ2) is 4.40. The number of fused-ring (bicyclic) bond motifs is 2. The number of rotatable bonds is 2. The molecule has 0 radical (unpaired) electrons. The summed E-state index contributed by atoms with van der Waals surface area (Å²) in [5, 5.41) is 9.63. The largest absolute Gasteiger partial charge is 0.481 e. The molecule has 4 nitrogen and oxygen atoms in total. The van der Waals surface area contributed by atoms with Crippen LogP contribution in [0.3, 0.4) is 0 Å². The molecule has 0 saturated heterocycles. The molecule has 0 aromatic heterocycles. The molecule has 0 aromatic rings. The minimum atomic E-state index is -2.14. The normalized spacial score (nSPS) is 38.8. The summed E-state index contributed by atoms with van der Waals surface area (Å²) in [6.45, 7) is 5.77. The molecule has 0 heterocycles. The molecule has 0 aliphatic heterocycles. The van der Waals surface area contributed by atoms with Crippen LogP contribution in [0.15, 0.2) is 0 Å². The Morgan fingerprint density at radius 3 is 2.15 bits per heavy atom.